The van der Waals surface area contributed by atoms with Crippen molar-refractivity contribution in [2.24, 2.45) is 0 Å². The molecule has 2 aromatic rings. The van der Waals surface area contributed by atoms with Crippen LogP contribution in [0.25, 0.3) is 11.3 Å². The Balaban J connectivity index is 2.24. The van der Waals surface area contributed by atoms with Crippen molar-refractivity contribution in [1.29, 1.82) is 0 Å². The van der Waals surface area contributed by atoms with E-state index in [-0.39, 0.29) is 6.29 Å². The number of methoxy groups -OCH3 is 2. The lowest BCUT2D eigenvalue weighted by atomic mass is 10.1. The molecule has 0 aliphatic heterocycles. The molecule has 0 radical (unpaired) electrons. The second-order valence-electron chi connectivity index (χ2n) is 3.75. The molecule has 1 aromatic heterocycles. The summed E-state index contributed by atoms with van der Waals surface area (Å²) in [6.45, 7) is 0. The number of hydrogen-bond acceptors (Lipinski definition) is 4. The van der Waals surface area contributed by atoms with Gasteiger partial charge < -0.3 is 13.9 Å². The molecule has 1 aromatic carbocycles. The van der Waals surface area contributed by atoms with Gasteiger partial charge in [-0.15, -0.1) is 0 Å². The Labute approximate surface area is 105 Å². The van der Waals surface area contributed by atoms with Crippen LogP contribution in [0.2, 0.25) is 0 Å². The van der Waals surface area contributed by atoms with E-state index in [2.05, 4.69) is 0 Å². The van der Waals surface area contributed by atoms with E-state index in [1.54, 1.807) is 26.4 Å². The van der Waals surface area contributed by atoms with Crippen molar-refractivity contribution in [1.82, 2.24) is 0 Å². The van der Waals surface area contributed by atoms with E-state index in [0.717, 1.165) is 11.1 Å². The van der Waals surface area contributed by atoms with Crippen LogP contribution < -0.4 is 0 Å². The Morgan fingerprint density at radius 1 is 1.06 bits per heavy atom. The van der Waals surface area contributed by atoms with Crippen molar-refractivity contribution in [2.45, 2.75) is 6.29 Å². The molecule has 0 aliphatic rings. The Morgan fingerprint density at radius 2 is 1.72 bits per heavy atom. The van der Waals surface area contributed by atoms with Gasteiger partial charge in [-0.2, -0.15) is 0 Å². The van der Waals surface area contributed by atoms with Crippen LogP contribution in [-0.2, 0) is 9.47 Å². The van der Waals surface area contributed by atoms with Crippen molar-refractivity contribution in [2.75, 3.05) is 14.2 Å². The summed E-state index contributed by atoms with van der Waals surface area (Å²) in [5.74, 6) is 0.982. The van der Waals surface area contributed by atoms with Crippen LogP contribution in [0.15, 0.2) is 40.8 Å². The van der Waals surface area contributed by atoms with E-state index >= 15 is 0 Å². The zero-order valence-corrected chi connectivity index (χ0v) is 10.3. The highest BCUT2D eigenvalue weighted by atomic mass is 16.7. The molecule has 0 N–H and O–H groups in total. The van der Waals surface area contributed by atoms with Crippen LogP contribution in [0.5, 0.6) is 0 Å². The monoisotopic (exact) mass is 246 g/mol. The molecule has 0 saturated carbocycles. The lowest BCUT2D eigenvalue weighted by Gasteiger charge is -2.13. The third-order valence-corrected chi connectivity index (χ3v) is 2.64. The van der Waals surface area contributed by atoms with Crippen LogP contribution in [-0.4, -0.2) is 20.5 Å². The second-order valence-corrected chi connectivity index (χ2v) is 3.75. The Kier molecular flexibility index (Phi) is 3.92. The van der Waals surface area contributed by atoms with Crippen molar-refractivity contribution in [3.05, 3.63) is 47.7 Å². The highest BCUT2D eigenvalue weighted by Crippen LogP contribution is 2.24. The first-order valence-corrected chi connectivity index (χ1v) is 5.49. The van der Waals surface area contributed by atoms with Gasteiger partial charge in [-0.25, -0.2) is 0 Å². The number of carbonyl (C=O) groups is 1. The van der Waals surface area contributed by atoms with Gasteiger partial charge in [0.2, 0.25) is 0 Å². The number of benzene rings is 1. The van der Waals surface area contributed by atoms with Gasteiger partial charge in [-0.05, 0) is 12.1 Å². The Hall–Kier alpha value is -1.91. The summed E-state index contributed by atoms with van der Waals surface area (Å²) in [6.07, 6.45) is 0.310. The number of rotatable bonds is 5. The molecule has 0 aliphatic carbocycles. The number of carbonyl (C=O) groups excluding carboxylic acids is 1. The quantitative estimate of drug-likeness (QED) is 0.601. The van der Waals surface area contributed by atoms with Gasteiger partial charge in [-0.1, -0.05) is 24.3 Å². The molecule has 0 fully saturated rings. The second kappa shape index (κ2) is 5.62. The number of ether oxygens (including phenoxy) is 2. The van der Waals surface area contributed by atoms with Crippen molar-refractivity contribution < 1.29 is 18.7 Å². The minimum absolute atomic E-state index is 0.320. The molecule has 0 bridgehead atoms. The Morgan fingerprint density at radius 3 is 2.22 bits per heavy atom. The summed E-state index contributed by atoms with van der Waals surface area (Å²) in [5, 5.41) is 0. The van der Waals surface area contributed by atoms with Crippen molar-refractivity contribution >= 4 is 6.29 Å². The highest BCUT2D eigenvalue weighted by molar-refractivity contribution is 5.72. The summed E-state index contributed by atoms with van der Waals surface area (Å²) in [7, 11) is 3.18. The van der Waals surface area contributed by atoms with Crippen LogP contribution in [0.1, 0.15) is 22.4 Å². The summed E-state index contributed by atoms with van der Waals surface area (Å²) in [4.78, 5) is 10.5. The maximum Gasteiger partial charge on any atom is 0.185 e. The molecule has 0 spiro atoms. The zero-order valence-electron chi connectivity index (χ0n) is 10.3. The molecule has 0 atom stereocenters. The summed E-state index contributed by atoms with van der Waals surface area (Å²) >= 11 is 0. The van der Waals surface area contributed by atoms with Crippen LogP contribution in [0.4, 0.5) is 0 Å². The van der Waals surface area contributed by atoms with Gasteiger partial charge >= 0.3 is 0 Å². The largest absolute Gasteiger partial charge is 0.453 e. The van der Waals surface area contributed by atoms with E-state index in [0.29, 0.717) is 17.8 Å². The predicted octanol–water partition coefficient (Wildman–Crippen LogP) is 3.05. The van der Waals surface area contributed by atoms with E-state index in [1.807, 2.05) is 24.3 Å². The normalized spacial score (nSPS) is 10.8. The minimum Gasteiger partial charge on any atom is -0.453 e. The lowest BCUT2D eigenvalue weighted by Crippen LogP contribution is -2.02. The number of furan rings is 1. The summed E-state index contributed by atoms with van der Waals surface area (Å²) in [5.41, 5.74) is 1.82. The molecule has 18 heavy (non-hydrogen) atoms. The maximum absolute atomic E-state index is 10.5. The third-order valence-electron chi connectivity index (χ3n) is 2.64. The van der Waals surface area contributed by atoms with Crippen LogP contribution in [0, 0.1) is 0 Å². The smallest absolute Gasteiger partial charge is 0.185 e. The topological polar surface area (TPSA) is 48.7 Å². The van der Waals surface area contributed by atoms with E-state index in [4.69, 9.17) is 13.9 Å². The zero-order chi connectivity index (χ0) is 13.0. The van der Waals surface area contributed by atoms with E-state index in [9.17, 15) is 4.79 Å². The molecule has 4 nitrogen and oxygen atoms in total. The molecule has 0 saturated heterocycles. The third kappa shape index (κ3) is 2.50. The van der Waals surface area contributed by atoms with Gasteiger partial charge in [0.1, 0.15) is 5.76 Å². The van der Waals surface area contributed by atoms with Crippen LogP contribution in [0.3, 0.4) is 0 Å². The van der Waals surface area contributed by atoms with Crippen LogP contribution >= 0.6 is 0 Å². The molecular weight excluding hydrogens is 232 g/mol. The van der Waals surface area contributed by atoms with E-state index in [1.165, 1.54) is 0 Å². The van der Waals surface area contributed by atoms with E-state index < -0.39 is 0 Å². The fraction of sp³-hybridized carbons (Fsp3) is 0.214. The standard InChI is InChI=1S/C14H14O4/c1-16-14(17-2)11-5-3-10(4-6-11)13-8-7-12(9-15)18-13/h3-9,14H,1-2H3. The fourth-order valence-electron chi connectivity index (χ4n) is 1.74. The van der Waals surface area contributed by atoms with Crippen molar-refractivity contribution in [3.8, 4) is 11.3 Å². The summed E-state index contributed by atoms with van der Waals surface area (Å²) < 4.78 is 15.7. The summed E-state index contributed by atoms with van der Waals surface area (Å²) in [6, 6.07) is 11.0. The SMILES string of the molecule is COC(OC)c1ccc(-c2ccc(C=O)o2)cc1. The molecule has 4 heteroatoms. The first-order valence-electron chi connectivity index (χ1n) is 5.49. The molecule has 0 unspecified atom stereocenters. The van der Waals surface area contributed by atoms with Gasteiger partial charge in [0, 0.05) is 25.3 Å². The lowest BCUT2D eigenvalue weighted by molar-refractivity contribution is -0.106. The van der Waals surface area contributed by atoms with Crippen molar-refractivity contribution in [3.63, 3.8) is 0 Å². The molecule has 94 valence electrons. The molecule has 1 heterocycles. The maximum atomic E-state index is 10.5. The van der Waals surface area contributed by atoms with Gasteiger partial charge in [-0.3, -0.25) is 4.79 Å². The fourth-order valence-corrected chi connectivity index (χ4v) is 1.74. The number of hydrogen-bond donors (Lipinski definition) is 0. The Bertz CT molecular complexity index is 509. The van der Waals surface area contributed by atoms with Gasteiger partial charge in [0.05, 0.1) is 0 Å². The van der Waals surface area contributed by atoms with Gasteiger partial charge in [0.25, 0.3) is 0 Å². The minimum atomic E-state index is -0.374. The predicted molar refractivity (Wildman–Crippen MR) is 66.3 cm³/mol. The highest BCUT2D eigenvalue weighted by Gasteiger charge is 2.09. The van der Waals surface area contributed by atoms with Gasteiger partial charge in [0.15, 0.2) is 18.3 Å². The number of aldehydes is 1. The molecule has 2 rings (SSSR count). The first-order chi connectivity index (χ1) is 8.78. The molecule has 0 amide bonds. The molecular formula is C14H14O4. The average Bonchev–Trinajstić information content (AvgIpc) is 2.90. The first kappa shape index (κ1) is 12.5. The average molecular weight is 246 g/mol.